The average Bonchev–Trinajstić information content (AvgIpc) is 2.34. The number of nitrogens with two attached hydrogens (primary N) is 1. The smallest absolute Gasteiger partial charge is 0.182 e. The molecule has 18 heavy (non-hydrogen) atoms. The van der Waals surface area contributed by atoms with Gasteiger partial charge < -0.3 is 10.5 Å². The maximum Gasteiger partial charge on any atom is 0.182 e. The van der Waals surface area contributed by atoms with E-state index in [0.717, 1.165) is 0 Å². The van der Waals surface area contributed by atoms with Gasteiger partial charge in [-0.15, -0.1) is 0 Å². The zero-order chi connectivity index (χ0) is 13.6. The lowest BCUT2D eigenvalue weighted by Gasteiger charge is -2.09. The Morgan fingerprint density at radius 1 is 1.39 bits per heavy atom. The highest BCUT2D eigenvalue weighted by Gasteiger charge is 2.19. The lowest BCUT2D eigenvalue weighted by atomic mass is 10.3. The van der Waals surface area contributed by atoms with Crippen molar-refractivity contribution in [3.8, 4) is 11.8 Å². The van der Waals surface area contributed by atoms with Gasteiger partial charge in [0.2, 0.25) is 0 Å². The van der Waals surface area contributed by atoms with Crippen LogP contribution in [0.1, 0.15) is 19.3 Å². The summed E-state index contributed by atoms with van der Waals surface area (Å²) >= 11 is 0. The Morgan fingerprint density at radius 2 is 2.11 bits per heavy atom. The van der Waals surface area contributed by atoms with Crippen LogP contribution in [0.2, 0.25) is 0 Å². The maximum absolute atomic E-state index is 12.1. The van der Waals surface area contributed by atoms with E-state index in [1.165, 1.54) is 25.3 Å². The van der Waals surface area contributed by atoms with E-state index in [9.17, 15) is 8.42 Å². The number of hydrogen-bond donors (Lipinski definition) is 1. The van der Waals surface area contributed by atoms with Crippen LogP contribution in [0.5, 0.6) is 5.75 Å². The average molecular weight is 268 g/mol. The van der Waals surface area contributed by atoms with Gasteiger partial charge >= 0.3 is 0 Å². The standard InChI is InChI=1S/C12H16N2O3S/c1-17-11-9-10(14)5-6-12(11)18(15,16)8-4-2-3-7-13/h5-6,9H,2-4,8,14H2,1H3. The molecule has 5 nitrogen and oxygen atoms in total. The van der Waals surface area contributed by atoms with Crippen molar-refractivity contribution in [1.29, 1.82) is 5.26 Å². The molecular weight excluding hydrogens is 252 g/mol. The molecule has 0 aromatic heterocycles. The van der Waals surface area contributed by atoms with Gasteiger partial charge in [0, 0.05) is 18.2 Å². The Balaban J connectivity index is 2.88. The second-order valence-corrected chi connectivity index (χ2v) is 5.92. The molecule has 0 aliphatic rings. The van der Waals surface area contributed by atoms with E-state index in [4.69, 9.17) is 15.7 Å². The minimum Gasteiger partial charge on any atom is -0.495 e. The summed E-state index contributed by atoms with van der Waals surface area (Å²) in [5, 5.41) is 8.39. The predicted molar refractivity (Wildman–Crippen MR) is 68.9 cm³/mol. The number of nitriles is 1. The van der Waals surface area contributed by atoms with Gasteiger partial charge in [0.15, 0.2) is 9.84 Å². The van der Waals surface area contributed by atoms with Crippen LogP contribution in [-0.2, 0) is 9.84 Å². The Labute approximate surface area is 107 Å². The van der Waals surface area contributed by atoms with Crippen LogP contribution in [-0.4, -0.2) is 21.3 Å². The van der Waals surface area contributed by atoms with Crippen LogP contribution >= 0.6 is 0 Å². The van der Waals surface area contributed by atoms with Gasteiger partial charge in [-0.1, -0.05) is 0 Å². The number of nitrogens with zero attached hydrogens (tertiary/aromatic N) is 1. The maximum atomic E-state index is 12.1. The lowest BCUT2D eigenvalue weighted by molar-refractivity contribution is 0.403. The first-order chi connectivity index (χ1) is 8.51. The predicted octanol–water partition coefficient (Wildman–Crippen LogP) is 1.74. The van der Waals surface area contributed by atoms with Gasteiger partial charge in [-0.3, -0.25) is 0 Å². The Morgan fingerprint density at radius 3 is 2.72 bits per heavy atom. The molecule has 0 aliphatic carbocycles. The fraction of sp³-hybridized carbons (Fsp3) is 0.417. The molecule has 0 aliphatic heterocycles. The fourth-order valence-electron chi connectivity index (χ4n) is 1.55. The van der Waals surface area contributed by atoms with Crippen LogP contribution in [0.15, 0.2) is 23.1 Å². The number of nitrogen functional groups attached to an aromatic ring is 1. The van der Waals surface area contributed by atoms with Crippen molar-refractivity contribution in [2.45, 2.75) is 24.2 Å². The highest BCUT2D eigenvalue weighted by atomic mass is 32.2. The zero-order valence-electron chi connectivity index (χ0n) is 10.2. The van der Waals surface area contributed by atoms with Crippen molar-refractivity contribution >= 4 is 15.5 Å². The Hall–Kier alpha value is -1.74. The van der Waals surface area contributed by atoms with Gasteiger partial charge in [-0.2, -0.15) is 5.26 Å². The summed E-state index contributed by atoms with van der Waals surface area (Å²) in [6.07, 6.45) is 1.41. The highest BCUT2D eigenvalue weighted by Crippen LogP contribution is 2.27. The van der Waals surface area contributed by atoms with E-state index in [2.05, 4.69) is 0 Å². The van der Waals surface area contributed by atoms with Crippen molar-refractivity contribution in [2.75, 3.05) is 18.6 Å². The fourth-order valence-corrected chi connectivity index (χ4v) is 3.08. The molecule has 0 saturated carbocycles. The van der Waals surface area contributed by atoms with E-state index in [1.54, 1.807) is 0 Å². The first-order valence-electron chi connectivity index (χ1n) is 5.54. The number of methoxy groups -OCH3 is 1. The molecule has 0 atom stereocenters. The third kappa shape index (κ3) is 3.64. The summed E-state index contributed by atoms with van der Waals surface area (Å²) in [4.78, 5) is 0.149. The monoisotopic (exact) mass is 268 g/mol. The minimum atomic E-state index is -3.39. The normalized spacial score (nSPS) is 10.9. The summed E-state index contributed by atoms with van der Waals surface area (Å²) in [5.41, 5.74) is 6.03. The first kappa shape index (κ1) is 14.3. The second-order valence-electron chi connectivity index (χ2n) is 3.84. The molecule has 0 heterocycles. The number of hydrogen-bond acceptors (Lipinski definition) is 5. The first-order valence-corrected chi connectivity index (χ1v) is 7.19. The molecule has 1 rings (SSSR count). The van der Waals surface area contributed by atoms with Gasteiger partial charge in [0.05, 0.1) is 18.9 Å². The molecule has 0 amide bonds. The molecule has 6 heteroatoms. The summed E-state index contributed by atoms with van der Waals surface area (Å²) in [5.74, 6) is 0.268. The number of benzene rings is 1. The molecule has 0 fully saturated rings. The van der Waals surface area contributed by atoms with E-state index >= 15 is 0 Å². The lowest BCUT2D eigenvalue weighted by Crippen LogP contribution is -2.09. The topological polar surface area (TPSA) is 93.2 Å². The van der Waals surface area contributed by atoms with Crippen LogP contribution < -0.4 is 10.5 Å². The van der Waals surface area contributed by atoms with Gasteiger partial charge in [-0.05, 0) is 25.0 Å². The van der Waals surface area contributed by atoms with Crippen LogP contribution in [0.3, 0.4) is 0 Å². The van der Waals surface area contributed by atoms with Crippen molar-refractivity contribution in [1.82, 2.24) is 0 Å². The van der Waals surface area contributed by atoms with E-state index in [-0.39, 0.29) is 16.4 Å². The molecule has 1 aromatic carbocycles. The molecule has 2 N–H and O–H groups in total. The minimum absolute atomic E-state index is 0.00889. The zero-order valence-corrected chi connectivity index (χ0v) is 11.0. The number of sulfone groups is 1. The molecule has 0 saturated heterocycles. The highest BCUT2D eigenvalue weighted by molar-refractivity contribution is 7.91. The van der Waals surface area contributed by atoms with Crippen molar-refractivity contribution in [2.24, 2.45) is 0 Å². The molecular formula is C12H16N2O3S. The van der Waals surface area contributed by atoms with Crippen molar-refractivity contribution in [3.63, 3.8) is 0 Å². The molecule has 98 valence electrons. The molecule has 0 radical (unpaired) electrons. The molecule has 1 aromatic rings. The number of ether oxygens (including phenoxy) is 1. The third-order valence-electron chi connectivity index (χ3n) is 2.47. The summed E-state index contributed by atoms with van der Waals surface area (Å²) in [6.45, 7) is 0. The third-order valence-corrected chi connectivity index (χ3v) is 4.31. The van der Waals surface area contributed by atoms with Crippen LogP contribution in [0, 0.1) is 11.3 Å². The molecule has 0 spiro atoms. The molecule has 0 bridgehead atoms. The van der Waals surface area contributed by atoms with E-state index in [1.807, 2.05) is 6.07 Å². The molecule has 0 unspecified atom stereocenters. The summed E-state index contributed by atoms with van der Waals surface area (Å²) in [6, 6.07) is 6.46. The number of rotatable bonds is 6. The Kier molecular flexibility index (Phi) is 4.98. The van der Waals surface area contributed by atoms with Gasteiger partial charge in [0.1, 0.15) is 10.6 Å². The van der Waals surface area contributed by atoms with E-state index < -0.39 is 9.84 Å². The van der Waals surface area contributed by atoms with Gasteiger partial charge in [0.25, 0.3) is 0 Å². The second kappa shape index (κ2) is 6.26. The van der Waals surface area contributed by atoms with E-state index in [0.29, 0.717) is 24.9 Å². The summed E-state index contributed by atoms with van der Waals surface area (Å²) < 4.78 is 29.2. The number of unbranched alkanes of at least 4 members (excludes halogenated alkanes) is 2. The summed E-state index contributed by atoms with van der Waals surface area (Å²) in [7, 11) is -1.98. The SMILES string of the molecule is COc1cc(N)ccc1S(=O)(=O)CCCCC#N. The van der Waals surface area contributed by atoms with Gasteiger partial charge in [-0.25, -0.2) is 8.42 Å². The van der Waals surface area contributed by atoms with Crippen LogP contribution in [0.25, 0.3) is 0 Å². The largest absolute Gasteiger partial charge is 0.495 e. The van der Waals surface area contributed by atoms with Crippen molar-refractivity contribution in [3.05, 3.63) is 18.2 Å². The quantitative estimate of drug-likeness (QED) is 0.626. The van der Waals surface area contributed by atoms with Crippen molar-refractivity contribution < 1.29 is 13.2 Å². The number of anilines is 1. The van der Waals surface area contributed by atoms with Crippen LogP contribution in [0.4, 0.5) is 5.69 Å². The Bertz CT molecular complexity index is 547.